The van der Waals surface area contributed by atoms with Gasteiger partial charge in [-0.1, -0.05) is 12.8 Å². The van der Waals surface area contributed by atoms with Crippen molar-refractivity contribution in [1.82, 2.24) is 5.32 Å². The van der Waals surface area contributed by atoms with Crippen molar-refractivity contribution in [3.63, 3.8) is 0 Å². The van der Waals surface area contributed by atoms with Gasteiger partial charge in [-0.05, 0) is 12.8 Å². The van der Waals surface area contributed by atoms with E-state index in [0.717, 1.165) is 19.3 Å². The van der Waals surface area contributed by atoms with Crippen LogP contribution in [0.15, 0.2) is 0 Å². The van der Waals surface area contributed by atoms with Crippen molar-refractivity contribution in [3.05, 3.63) is 10.1 Å². The molecule has 1 aliphatic carbocycles. The Hall–Kier alpha value is -1.53. The molecule has 1 aliphatic rings. The summed E-state index contributed by atoms with van der Waals surface area (Å²) >= 11 is 0. The van der Waals surface area contributed by atoms with Crippen LogP contribution < -0.4 is 11.1 Å². The summed E-state index contributed by atoms with van der Waals surface area (Å²) in [6.07, 6.45) is 2.99. The molecule has 3 N–H and O–H groups in total. The summed E-state index contributed by atoms with van der Waals surface area (Å²) in [5.74, 6) is -0.0170. The third-order valence-corrected chi connectivity index (χ3v) is 2.60. The van der Waals surface area contributed by atoms with Crippen molar-refractivity contribution >= 4 is 6.03 Å². The van der Waals surface area contributed by atoms with Crippen LogP contribution in [0.4, 0.5) is 4.79 Å². The Bertz CT molecular complexity index is 246. The first kappa shape index (κ1) is 11.5. The maximum Gasteiger partial charge on any atom is 0.312 e. The van der Waals surface area contributed by atoms with Crippen LogP contribution in [0.1, 0.15) is 25.7 Å². The lowest BCUT2D eigenvalue weighted by Crippen LogP contribution is -2.40. The third kappa shape index (κ3) is 4.01. The molecule has 1 fully saturated rings. The number of urea groups is 1. The molecule has 7 nitrogen and oxygen atoms in total. The molecule has 0 saturated heterocycles. The van der Waals surface area contributed by atoms with Gasteiger partial charge in [0.1, 0.15) is 6.10 Å². The Morgan fingerprint density at radius 3 is 2.80 bits per heavy atom. The van der Waals surface area contributed by atoms with Crippen molar-refractivity contribution in [2.45, 2.75) is 31.8 Å². The molecule has 1 rings (SSSR count). The molecule has 0 unspecified atom stereocenters. The number of rotatable bonds is 4. The second-order valence-electron chi connectivity index (χ2n) is 3.66. The van der Waals surface area contributed by atoms with E-state index in [9.17, 15) is 14.9 Å². The van der Waals surface area contributed by atoms with Gasteiger partial charge in [0.05, 0.1) is 0 Å². The fourth-order valence-corrected chi connectivity index (χ4v) is 1.89. The summed E-state index contributed by atoms with van der Waals surface area (Å²) in [7, 11) is 0. The van der Waals surface area contributed by atoms with E-state index in [1.165, 1.54) is 0 Å². The second-order valence-corrected chi connectivity index (χ2v) is 3.66. The van der Waals surface area contributed by atoms with Gasteiger partial charge in [-0.2, -0.15) is 0 Å². The zero-order chi connectivity index (χ0) is 11.3. The predicted molar refractivity (Wildman–Crippen MR) is 51.4 cm³/mol. The fourth-order valence-electron chi connectivity index (χ4n) is 1.89. The van der Waals surface area contributed by atoms with E-state index in [1.54, 1.807) is 0 Å². The number of primary amides is 1. The second kappa shape index (κ2) is 5.38. The number of carbonyl (C=O) groups is 1. The lowest BCUT2D eigenvalue weighted by molar-refractivity contribution is -0.771. The van der Waals surface area contributed by atoms with Crippen molar-refractivity contribution < 1.29 is 14.7 Å². The zero-order valence-corrected chi connectivity index (χ0v) is 8.35. The minimum Gasteiger partial charge on any atom is -0.352 e. The molecular formula is C8H15N3O4. The van der Waals surface area contributed by atoms with Crippen LogP contribution in [0.3, 0.4) is 0 Å². The number of amides is 2. The Balaban J connectivity index is 2.42. The molecule has 7 heteroatoms. The minimum absolute atomic E-state index is 0.0170. The number of carbonyl (C=O) groups excluding carboxylic acids is 1. The lowest BCUT2D eigenvalue weighted by atomic mass is 9.86. The first-order valence-corrected chi connectivity index (χ1v) is 4.94. The van der Waals surface area contributed by atoms with E-state index in [2.05, 4.69) is 10.2 Å². The Kier molecular flexibility index (Phi) is 4.14. The summed E-state index contributed by atoms with van der Waals surface area (Å²) in [5, 5.41) is 11.9. The van der Waals surface area contributed by atoms with Crippen molar-refractivity contribution in [2.75, 3.05) is 6.54 Å². The number of hydrogen-bond donors (Lipinski definition) is 2. The van der Waals surface area contributed by atoms with Crippen molar-refractivity contribution in [3.8, 4) is 0 Å². The Morgan fingerprint density at radius 2 is 2.20 bits per heavy atom. The van der Waals surface area contributed by atoms with E-state index >= 15 is 0 Å². The lowest BCUT2D eigenvalue weighted by Gasteiger charge is -2.29. The van der Waals surface area contributed by atoms with Crippen LogP contribution in [0.5, 0.6) is 0 Å². The van der Waals surface area contributed by atoms with Crippen LogP contribution in [-0.2, 0) is 4.84 Å². The highest BCUT2D eigenvalue weighted by atomic mass is 17.0. The first-order chi connectivity index (χ1) is 7.09. The topological polar surface area (TPSA) is 107 Å². The largest absolute Gasteiger partial charge is 0.352 e. The maximum absolute atomic E-state index is 10.5. The van der Waals surface area contributed by atoms with Gasteiger partial charge in [-0.3, -0.25) is 0 Å². The van der Waals surface area contributed by atoms with E-state index in [4.69, 9.17) is 5.73 Å². The van der Waals surface area contributed by atoms with Crippen LogP contribution in [0.2, 0.25) is 0 Å². The predicted octanol–water partition coefficient (Wildman–Crippen LogP) is 0.422. The quantitative estimate of drug-likeness (QED) is 0.525. The van der Waals surface area contributed by atoms with Gasteiger partial charge in [0.15, 0.2) is 0 Å². The van der Waals surface area contributed by atoms with Gasteiger partial charge in [0, 0.05) is 12.5 Å². The Morgan fingerprint density at radius 1 is 1.53 bits per heavy atom. The molecule has 2 atom stereocenters. The smallest absolute Gasteiger partial charge is 0.312 e. The zero-order valence-electron chi connectivity index (χ0n) is 8.35. The van der Waals surface area contributed by atoms with Gasteiger partial charge in [-0.25, -0.2) is 4.79 Å². The fraction of sp³-hybridized carbons (Fsp3) is 0.875. The average Bonchev–Trinajstić information content (AvgIpc) is 2.15. The number of nitrogens with one attached hydrogen (secondary N) is 1. The van der Waals surface area contributed by atoms with Crippen molar-refractivity contribution in [1.29, 1.82) is 0 Å². The molecule has 2 amide bonds. The Labute approximate surface area is 87.1 Å². The standard InChI is InChI=1S/C8H15N3O4/c9-8(12)10-5-6-3-1-2-4-7(6)15-11(13)14/h6-7H,1-5H2,(H3,9,10,12)/t6-,7+/m0/s1. The SMILES string of the molecule is NC(=O)NC[C@@H]1CCCC[C@H]1O[N+](=O)[O-]. The van der Waals surface area contributed by atoms with Crippen molar-refractivity contribution in [2.24, 2.45) is 11.7 Å². The molecule has 0 aliphatic heterocycles. The van der Waals surface area contributed by atoms with E-state index in [0.29, 0.717) is 13.0 Å². The van der Waals surface area contributed by atoms with Crippen LogP contribution in [-0.4, -0.2) is 23.8 Å². The molecule has 0 bridgehead atoms. The maximum atomic E-state index is 10.5. The van der Waals surface area contributed by atoms with E-state index in [1.807, 2.05) is 0 Å². The summed E-state index contributed by atoms with van der Waals surface area (Å²) < 4.78 is 0. The highest BCUT2D eigenvalue weighted by Gasteiger charge is 2.28. The molecule has 1 saturated carbocycles. The number of nitrogens with two attached hydrogens (primary N) is 1. The first-order valence-electron chi connectivity index (χ1n) is 4.94. The van der Waals surface area contributed by atoms with E-state index in [-0.39, 0.29) is 5.92 Å². The normalized spacial score (nSPS) is 25.6. The van der Waals surface area contributed by atoms with Gasteiger partial charge in [0.2, 0.25) is 0 Å². The van der Waals surface area contributed by atoms with Gasteiger partial charge in [0.25, 0.3) is 5.09 Å². The van der Waals surface area contributed by atoms with Gasteiger partial charge >= 0.3 is 6.03 Å². The molecule has 15 heavy (non-hydrogen) atoms. The minimum atomic E-state index is -0.771. The highest BCUT2D eigenvalue weighted by Crippen LogP contribution is 2.26. The molecule has 0 radical (unpaired) electrons. The third-order valence-electron chi connectivity index (χ3n) is 2.60. The molecule has 0 aromatic heterocycles. The summed E-state index contributed by atoms with van der Waals surface area (Å²) in [4.78, 5) is 25.3. The van der Waals surface area contributed by atoms with Crippen LogP contribution >= 0.6 is 0 Å². The van der Waals surface area contributed by atoms with Crippen LogP contribution in [0.25, 0.3) is 0 Å². The van der Waals surface area contributed by atoms with Crippen LogP contribution in [0, 0.1) is 16.0 Å². The molecule has 0 aromatic carbocycles. The van der Waals surface area contributed by atoms with Gasteiger partial charge in [-0.15, -0.1) is 10.1 Å². The number of nitrogens with zero attached hydrogens (tertiary/aromatic N) is 1. The average molecular weight is 217 g/mol. The molecule has 0 spiro atoms. The highest BCUT2D eigenvalue weighted by molar-refractivity contribution is 5.71. The number of hydrogen-bond acceptors (Lipinski definition) is 4. The summed E-state index contributed by atoms with van der Waals surface area (Å²) in [6, 6.07) is -0.611. The van der Waals surface area contributed by atoms with Gasteiger partial charge < -0.3 is 15.9 Å². The summed E-state index contributed by atoms with van der Waals surface area (Å²) in [5.41, 5.74) is 4.93. The monoisotopic (exact) mass is 217 g/mol. The summed E-state index contributed by atoms with van der Waals surface area (Å²) in [6.45, 7) is 0.341. The molecular weight excluding hydrogens is 202 g/mol. The molecule has 0 aromatic rings. The molecule has 0 heterocycles. The van der Waals surface area contributed by atoms with E-state index < -0.39 is 17.2 Å². The molecule has 86 valence electrons.